The Morgan fingerprint density at radius 3 is 2.56 bits per heavy atom. The molecule has 0 bridgehead atoms. The Labute approximate surface area is 251 Å². The average molecular weight is 639 g/mol. The molecule has 2 atom stereocenters. The monoisotopic (exact) mass is 638 g/mol. The topological polar surface area (TPSA) is 149 Å². The van der Waals surface area contributed by atoms with Gasteiger partial charge in [0.1, 0.15) is 12.9 Å². The second-order valence-corrected chi connectivity index (χ2v) is 10.5. The molecule has 0 spiro atoms. The average Bonchev–Trinajstić information content (AvgIpc) is 3.71. The van der Waals surface area contributed by atoms with E-state index in [9.17, 15) is 32.7 Å². The van der Waals surface area contributed by atoms with Gasteiger partial charge in [-0.15, -0.1) is 10.2 Å². The van der Waals surface area contributed by atoms with Crippen molar-refractivity contribution in [2.45, 2.75) is 44.3 Å². The molecule has 2 aromatic heterocycles. The van der Waals surface area contributed by atoms with Gasteiger partial charge in [-0.25, -0.2) is 19.1 Å². The molecule has 0 unspecified atom stereocenters. The normalized spacial score (nSPS) is 15.9. The van der Waals surface area contributed by atoms with Crippen molar-refractivity contribution >= 4 is 35.0 Å². The second-order valence-electron chi connectivity index (χ2n) is 9.65. The van der Waals surface area contributed by atoms with Gasteiger partial charge in [0, 0.05) is 10.6 Å². The Morgan fingerprint density at radius 2 is 1.88 bits per heavy atom. The van der Waals surface area contributed by atoms with E-state index >= 15 is 0 Å². The van der Waals surface area contributed by atoms with Gasteiger partial charge in [0.15, 0.2) is 17.8 Å². The number of aliphatic hydroxyl groups excluding tert-OH is 1. The van der Waals surface area contributed by atoms with Gasteiger partial charge in [-0.2, -0.15) is 13.2 Å². The number of nitrogens with one attached hydrogen (secondary N) is 2. The van der Waals surface area contributed by atoms with Crippen LogP contribution in [0.25, 0.3) is 17.1 Å². The number of aromatic nitrogens is 6. The minimum Gasteiger partial charge on any atom is -0.382 e. The fraction of sp³-hybridized carbons (Fsp3) is 0.308. The van der Waals surface area contributed by atoms with Crippen molar-refractivity contribution in [1.82, 2.24) is 39.7 Å². The van der Waals surface area contributed by atoms with Crippen LogP contribution in [0.2, 0.25) is 10.0 Å². The number of carbonyl (C=O) groups is 2. The molecule has 226 valence electrons. The van der Waals surface area contributed by atoms with Gasteiger partial charge in [0.2, 0.25) is 5.91 Å². The zero-order chi connectivity index (χ0) is 30.9. The molecular weight excluding hydrogens is 616 g/mol. The number of imide groups is 1. The summed E-state index contributed by atoms with van der Waals surface area (Å²) in [5, 5.41) is 24.0. The van der Waals surface area contributed by atoms with Crippen molar-refractivity contribution < 1.29 is 27.9 Å². The molecule has 43 heavy (non-hydrogen) atoms. The lowest BCUT2D eigenvalue weighted by Gasteiger charge is -2.15. The highest BCUT2D eigenvalue weighted by Crippen LogP contribution is 2.26. The number of amides is 2. The van der Waals surface area contributed by atoms with Crippen LogP contribution in [-0.4, -0.2) is 70.9 Å². The molecule has 4 aromatic rings. The first-order valence-corrected chi connectivity index (χ1v) is 13.6. The fourth-order valence-electron chi connectivity index (χ4n) is 4.52. The Morgan fingerprint density at radius 1 is 1.14 bits per heavy atom. The summed E-state index contributed by atoms with van der Waals surface area (Å²) in [4.78, 5) is 42.8. The zero-order valence-electron chi connectivity index (χ0n) is 22.1. The summed E-state index contributed by atoms with van der Waals surface area (Å²) >= 11 is 12.3. The highest BCUT2D eigenvalue weighted by molar-refractivity contribution is 6.33. The van der Waals surface area contributed by atoms with Gasteiger partial charge in [0.05, 0.1) is 28.9 Å². The smallest absolute Gasteiger partial charge is 0.382 e. The van der Waals surface area contributed by atoms with Crippen LogP contribution in [0.5, 0.6) is 0 Å². The molecule has 12 nitrogen and oxygen atoms in total. The summed E-state index contributed by atoms with van der Waals surface area (Å²) in [6, 6.07) is 9.88. The van der Waals surface area contributed by atoms with E-state index in [0.717, 1.165) is 11.1 Å². The summed E-state index contributed by atoms with van der Waals surface area (Å²) in [5.74, 6) is -1.33. The quantitative estimate of drug-likeness (QED) is 0.249. The van der Waals surface area contributed by atoms with Crippen molar-refractivity contribution in [3.05, 3.63) is 80.7 Å². The molecule has 3 heterocycles. The molecular formula is C26H23Cl2F3N8O4. The standard InChI is InChI=1S/C26H23Cl2F3N8O4/c27-15-8-6-14(7-9-15)22-36-38(25(43)37(22)11-19(40)26(29,30)31)12-20-33-13-39(35-20)21-16(3-1-4-17(21)28)23(41)34-24(42)18-5-2-10-32-18/h1,3-4,6-9,13,18-19,32,40H,2,5,10-12H2,(H,34,41,42)/t18-,19+/m0/s1. The Balaban J connectivity index is 1.44. The number of hydrogen-bond donors (Lipinski definition) is 3. The predicted octanol–water partition coefficient (Wildman–Crippen LogP) is 2.58. The van der Waals surface area contributed by atoms with Crippen molar-refractivity contribution in [1.29, 1.82) is 0 Å². The largest absolute Gasteiger partial charge is 0.416 e. The van der Waals surface area contributed by atoms with Crippen LogP contribution < -0.4 is 16.3 Å². The van der Waals surface area contributed by atoms with Gasteiger partial charge in [-0.3, -0.25) is 19.5 Å². The van der Waals surface area contributed by atoms with E-state index in [-0.39, 0.29) is 40.0 Å². The zero-order valence-corrected chi connectivity index (χ0v) is 23.6. The maximum atomic E-state index is 13.2. The van der Waals surface area contributed by atoms with Gasteiger partial charge in [0.25, 0.3) is 5.91 Å². The number of rotatable bonds is 8. The Bertz CT molecular complexity index is 1710. The van der Waals surface area contributed by atoms with Crippen LogP contribution >= 0.6 is 23.2 Å². The molecule has 1 fully saturated rings. The van der Waals surface area contributed by atoms with Crippen LogP contribution in [0.4, 0.5) is 13.2 Å². The third-order valence-corrected chi connectivity index (χ3v) is 7.22. The molecule has 2 aromatic carbocycles. The third-order valence-electron chi connectivity index (χ3n) is 6.66. The number of nitrogens with zero attached hydrogens (tertiary/aromatic N) is 6. The van der Waals surface area contributed by atoms with E-state index in [4.69, 9.17) is 23.2 Å². The first-order valence-electron chi connectivity index (χ1n) is 12.9. The summed E-state index contributed by atoms with van der Waals surface area (Å²) in [6.45, 7) is -0.809. The summed E-state index contributed by atoms with van der Waals surface area (Å²) in [7, 11) is 0. The number of hydrogen-bond acceptors (Lipinski definition) is 8. The first-order chi connectivity index (χ1) is 20.4. The van der Waals surface area contributed by atoms with E-state index in [1.807, 2.05) is 0 Å². The Hall–Kier alpha value is -4.05. The molecule has 0 aliphatic carbocycles. The van der Waals surface area contributed by atoms with Crippen LogP contribution in [-0.2, 0) is 17.9 Å². The summed E-state index contributed by atoms with van der Waals surface area (Å²) in [5.41, 5.74) is -0.535. The van der Waals surface area contributed by atoms with E-state index in [1.165, 1.54) is 53.5 Å². The molecule has 1 saturated heterocycles. The summed E-state index contributed by atoms with van der Waals surface area (Å²) < 4.78 is 42.2. The minimum absolute atomic E-state index is 0.00304. The third kappa shape index (κ3) is 6.64. The number of aliphatic hydroxyl groups is 1. The number of carbonyl (C=O) groups excluding carboxylic acids is 2. The highest BCUT2D eigenvalue weighted by Gasteiger charge is 2.39. The lowest BCUT2D eigenvalue weighted by molar-refractivity contribution is -0.207. The molecule has 0 radical (unpaired) electrons. The van der Waals surface area contributed by atoms with E-state index in [0.29, 0.717) is 22.6 Å². The number of alkyl halides is 3. The van der Waals surface area contributed by atoms with Crippen molar-refractivity contribution in [3.8, 4) is 17.1 Å². The second kappa shape index (κ2) is 12.3. The van der Waals surface area contributed by atoms with Crippen molar-refractivity contribution in [3.63, 3.8) is 0 Å². The van der Waals surface area contributed by atoms with Crippen LogP contribution in [0, 0.1) is 0 Å². The summed E-state index contributed by atoms with van der Waals surface area (Å²) in [6.07, 6.45) is -5.17. The van der Waals surface area contributed by atoms with Crippen LogP contribution in [0.15, 0.2) is 53.6 Å². The van der Waals surface area contributed by atoms with E-state index in [2.05, 4.69) is 25.8 Å². The van der Waals surface area contributed by atoms with Gasteiger partial charge in [-0.1, -0.05) is 29.3 Å². The molecule has 5 rings (SSSR count). The van der Waals surface area contributed by atoms with E-state index in [1.54, 1.807) is 0 Å². The van der Waals surface area contributed by atoms with Gasteiger partial charge in [-0.05, 0) is 55.8 Å². The number of para-hydroxylation sites is 1. The van der Waals surface area contributed by atoms with Gasteiger partial charge < -0.3 is 10.4 Å². The van der Waals surface area contributed by atoms with Crippen LogP contribution in [0.1, 0.15) is 29.0 Å². The maximum Gasteiger partial charge on any atom is 0.416 e. The highest BCUT2D eigenvalue weighted by atomic mass is 35.5. The lowest BCUT2D eigenvalue weighted by atomic mass is 10.1. The maximum absolute atomic E-state index is 13.2. The molecule has 2 amide bonds. The lowest BCUT2D eigenvalue weighted by Crippen LogP contribution is -2.43. The van der Waals surface area contributed by atoms with Crippen LogP contribution in [0.3, 0.4) is 0 Å². The first kappa shape index (κ1) is 30.4. The molecule has 3 N–H and O–H groups in total. The fourth-order valence-corrected chi connectivity index (χ4v) is 4.90. The molecule has 1 aliphatic rings. The Kier molecular flexibility index (Phi) is 8.69. The predicted molar refractivity (Wildman–Crippen MR) is 148 cm³/mol. The molecule has 0 saturated carbocycles. The minimum atomic E-state index is -4.98. The van der Waals surface area contributed by atoms with Crippen molar-refractivity contribution in [2.75, 3.05) is 6.54 Å². The molecule has 1 aliphatic heterocycles. The SMILES string of the molecule is O=C(NC(=O)[C@@H]1CCCN1)c1cccc(Cl)c1-n1cnc(Cn2nc(-c3ccc(Cl)cc3)n(C[C@@H](O)C(F)(F)F)c2=O)n1. The van der Waals surface area contributed by atoms with Gasteiger partial charge >= 0.3 is 11.9 Å². The van der Waals surface area contributed by atoms with Crippen molar-refractivity contribution in [2.24, 2.45) is 0 Å². The number of benzene rings is 2. The molecule has 17 heteroatoms. The van der Waals surface area contributed by atoms with E-state index < -0.39 is 42.4 Å². The number of halogens is 5.